The van der Waals surface area contributed by atoms with Gasteiger partial charge in [0.1, 0.15) is 21.8 Å². The first kappa shape index (κ1) is 22.9. The molecule has 0 radical (unpaired) electrons. The van der Waals surface area contributed by atoms with Crippen LogP contribution in [0.3, 0.4) is 0 Å². The molecule has 0 bridgehead atoms. The number of hydrogen-bond donors (Lipinski definition) is 0. The van der Waals surface area contributed by atoms with Gasteiger partial charge in [-0.25, -0.2) is 9.78 Å². The lowest BCUT2D eigenvalue weighted by Crippen LogP contribution is -2.51. The van der Waals surface area contributed by atoms with Crippen LogP contribution >= 0.6 is 11.6 Å². The molecule has 3 aromatic rings. The van der Waals surface area contributed by atoms with Gasteiger partial charge in [-0.2, -0.15) is 0 Å². The van der Waals surface area contributed by atoms with E-state index in [2.05, 4.69) is 4.98 Å². The van der Waals surface area contributed by atoms with Crippen LogP contribution in [0, 0.1) is 0 Å². The van der Waals surface area contributed by atoms with Crippen LogP contribution in [0.1, 0.15) is 31.1 Å². The van der Waals surface area contributed by atoms with Crippen LogP contribution in [0.4, 0.5) is 4.79 Å². The second kappa shape index (κ2) is 8.94. The van der Waals surface area contributed by atoms with Gasteiger partial charge in [-0.05, 0) is 39.0 Å². The van der Waals surface area contributed by atoms with Crippen molar-refractivity contribution in [3.63, 3.8) is 0 Å². The first-order chi connectivity index (χ1) is 15.7. The van der Waals surface area contributed by atoms with Gasteiger partial charge in [0.15, 0.2) is 0 Å². The van der Waals surface area contributed by atoms with E-state index in [-0.39, 0.29) is 17.2 Å². The van der Waals surface area contributed by atoms with E-state index in [1.165, 1.54) is 7.11 Å². The minimum atomic E-state index is -0.568. The quantitative estimate of drug-likeness (QED) is 0.567. The van der Waals surface area contributed by atoms with Crippen LogP contribution in [-0.4, -0.2) is 70.2 Å². The number of ether oxygens (including phenoxy) is 2. The molecule has 4 rings (SSSR count). The third-order valence-corrected chi connectivity index (χ3v) is 5.74. The van der Waals surface area contributed by atoms with Gasteiger partial charge in [0.2, 0.25) is 5.88 Å². The molecule has 2 amide bonds. The second-order valence-electron chi connectivity index (χ2n) is 8.82. The van der Waals surface area contributed by atoms with Crippen LogP contribution in [0.15, 0.2) is 42.5 Å². The van der Waals surface area contributed by atoms with Crippen LogP contribution in [-0.2, 0) is 4.74 Å². The number of nitrogens with zero attached hydrogens (tertiary/aromatic N) is 4. The Balaban J connectivity index is 1.65. The van der Waals surface area contributed by atoms with Crippen molar-refractivity contribution in [3.8, 4) is 11.6 Å². The zero-order chi connectivity index (χ0) is 23.8. The fourth-order valence-electron chi connectivity index (χ4n) is 3.82. The zero-order valence-corrected chi connectivity index (χ0v) is 19.9. The number of para-hydroxylation sites is 1. The number of hydrogen-bond acceptors (Lipinski definition) is 5. The van der Waals surface area contributed by atoms with Crippen molar-refractivity contribution in [1.82, 2.24) is 19.4 Å². The molecule has 1 aliphatic heterocycles. The highest BCUT2D eigenvalue weighted by molar-refractivity contribution is 6.35. The number of amides is 2. The van der Waals surface area contributed by atoms with Crippen LogP contribution in [0.25, 0.3) is 16.7 Å². The molecule has 1 aromatic carbocycles. The van der Waals surface area contributed by atoms with Gasteiger partial charge in [0.25, 0.3) is 5.91 Å². The fourth-order valence-corrected chi connectivity index (χ4v) is 4.18. The largest absolute Gasteiger partial charge is 0.481 e. The summed E-state index contributed by atoms with van der Waals surface area (Å²) in [5.41, 5.74) is 1.76. The van der Waals surface area contributed by atoms with Gasteiger partial charge in [0.05, 0.1) is 12.6 Å². The maximum Gasteiger partial charge on any atom is 0.410 e. The number of pyridine rings is 1. The molecule has 0 atom stereocenters. The maximum atomic E-state index is 13.6. The summed E-state index contributed by atoms with van der Waals surface area (Å²) in [6.07, 6.45) is -0.375. The van der Waals surface area contributed by atoms with Crippen molar-refractivity contribution in [2.75, 3.05) is 33.3 Å². The minimum absolute atomic E-state index is 0.232. The number of fused-ring (bicyclic) bond motifs is 1. The van der Waals surface area contributed by atoms with Crippen molar-refractivity contribution < 1.29 is 19.1 Å². The summed E-state index contributed by atoms with van der Waals surface area (Å²) < 4.78 is 12.6. The molecule has 33 heavy (non-hydrogen) atoms. The summed E-state index contributed by atoms with van der Waals surface area (Å²) in [5.74, 6) is 0.164. The normalized spacial score (nSPS) is 14.5. The number of aromatic nitrogens is 2. The van der Waals surface area contributed by atoms with Crippen LogP contribution in [0.5, 0.6) is 5.88 Å². The summed E-state index contributed by atoms with van der Waals surface area (Å²) in [6.45, 7) is 6.99. The van der Waals surface area contributed by atoms with Gasteiger partial charge < -0.3 is 19.3 Å². The van der Waals surface area contributed by atoms with Gasteiger partial charge in [-0.3, -0.25) is 9.36 Å². The number of rotatable bonds is 3. The van der Waals surface area contributed by atoms with E-state index in [4.69, 9.17) is 21.1 Å². The topological polar surface area (TPSA) is 76.9 Å². The van der Waals surface area contributed by atoms with Gasteiger partial charge in [0, 0.05) is 37.9 Å². The standard InChI is InChI=1S/C24H27ClN4O4/c1-24(2,3)33-23(31)28-14-12-27(13-15-28)22(30)19-20-17(10-11-18(26-20)32-4)29(21(19)25)16-8-6-5-7-9-16/h5-11H,12-15H2,1-4H3. The summed E-state index contributed by atoms with van der Waals surface area (Å²) in [7, 11) is 1.53. The fraction of sp³-hybridized carbons (Fsp3) is 0.375. The highest BCUT2D eigenvalue weighted by Crippen LogP contribution is 2.34. The maximum absolute atomic E-state index is 13.6. The Morgan fingerprint density at radius 1 is 0.970 bits per heavy atom. The molecule has 174 valence electrons. The highest BCUT2D eigenvalue weighted by Gasteiger charge is 2.32. The first-order valence-electron chi connectivity index (χ1n) is 10.8. The molecule has 0 aliphatic carbocycles. The van der Waals surface area contributed by atoms with E-state index in [0.29, 0.717) is 48.7 Å². The monoisotopic (exact) mass is 470 g/mol. The molecule has 2 aromatic heterocycles. The average molecular weight is 471 g/mol. The minimum Gasteiger partial charge on any atom is -0.481 e. The molecular formula is C24H27ClN4O4. The predicted molar refractivity (Wildman–Crippen MR) is 126 cm³/mol. The molecule has 0 saturated carbocycles. The molecule has 3 heterocycles. The number of carbonyl (C=O) groups excluding carboxylic acids is 2. The van der Waals surface area contributed by atoms with E-state index < -0.39 is 5.60 Å². The van der Waals surface area contributed by atoms with E-state index >= 15 is 0 Å². The summed E-state index contributed by atoms with van der Waals surface area (Å²) in [5, 5.41) is 0.288. The molecule has 8 nitrogen and oxygen atoms in total. The molecule has 1 saturated heterocycles. The van der Waals surface area contributed by atoms with Crippen molar-refractivity contribution in [2.45, 2.75) is 26.4 Å². The van der Waals surface area contributed by atoms with Gasteiger partial charge >= 0.3 is 6.09 Å². The molecule has 9 heteroatoms. The smallest absolute Gasteiger partial charge is 0.410 e. The van der Waals surface area contributed by atoms with E-state index in [1.807, 2.05) is 61.7 Å². The summed E-state index contributed by atoms with van der Waals surface area (Å²) in [6, 6.07) is 13.2. The third kappa shape index (κ3) is 4.61. The number of piperazine rings is 1. The van der Waals surface area contributed by atoms with Crippen LogP contribution < -0.4 is 4.74 Å². The molecule has 0 N–H and O–H groups in total. The zero-order valence-electron chi connectivity index (χ0n) is 19.2. The lowest BCUT2D eigenvalue weighted by atomic mass is 10.2. The lowest BCUT2D eigenvalue weighted by Gasteiger charge is -2.35. The number of carbonyl (C=O) groups is 2. The second-order valence-corrected chi connectivity index (χ2v) is 9.18. The Bertz CT molecular complexity index is 1180. The molecule has 1 fully saturated rings. The SMILES string of the molecule is COc1ccc2c(n1)c(C(=O)N1CCN(C(=O)OC(C)(C)C)CC1)c(Cl)n2-c1ccccc1. The van der Waals surface area contributed by atoms with Crippen molar-refractivity contribution >= 4 is 34.6 Å². The van der Waals surface area contributed by atoms with E-state index in [1.54, 1.807) is 15.9 Å². The molecular weight excluding hydrogens is 444 g/mol. The number of halogens is 1. The third-order valence-electron chi connectivity index (χ3n) is 5.38. The summed E-state index contributed by atoms with van der Waals surface area (Å²) in [4.78, 5) is 33.8. The molecule has 0 spiro atoms. The average Bonchev–Trinajstić information content (AvgIpc) is 3.09. The Labute approximate surface area is 197 Å². The Morgan fingerprint density at radius 2 is 1.61 bits per heavy atom. The Hall–Kier alpha value is -3.26. The van der Waals surface area contributed by atoms with Crippen molar-refractivity contribution in [2.24, 2.45) is 0 Å². The summed E-state index contributed by atoms with van der Waals surface area (Å²) >= 11 is 6.80. The van der Waals surface area contributed by atoms with Crippen molar-refractivity contribution in [3.05, 3.63) is 53.2 Å². The lowest BCUT2D eigenvalue weighted by molar-refractivity contribution is 0.0141. The van der Waals surface area contributed by atoms with Crippen LogP contribution in [0.2, 0.25) is 5.15 Å². The molecule has 0 unspecified atom stereocenters. The Morgan fingerprint density at radius 3 is 2.21 bits per heavy atom. The predicted octanol–water partition coefficient (Wildman–Crippen LogP) is 4.38. The van der Waals surface area contributed by atoms with Gasteiger partial charge in [-0.1, -0.05) is 29.8 Å². The van der Waals surface area contributed by atoms with Crippen molar-refractivity contribution in [1.29, 1.82) is 0 Å². The van der Waals surface area contributed by atoms with Gasteiger partial charge in [-0.15, -0.1) is 0 Å². The van der Waals surface area contributed by atoms with E-state index in [0.717, 1.165) is 5.69 Å². The molecule has 1 aliphatic rings. The highest BCUT2D eigenvalue weighted by atomic mass is 35.5. The number of methoxy groups -OCH3 is 1. The van der Waals surface area contributed by atoms with E-state index in [9.17, 15) is 9.59 Å². The first-order valence-corrected chi connectivity index (χ1v) is 11.1. The number of benzene rings is 1. The Kier molecular flexibility index (Phi) is 6.21.